The number of nitrogens with zero attached hydrogens (tertiary/aromatic N) is 1. The number of alkyl halides is 1. The van der Waals surface area contributed by atoms with E-state index in [1.807, 2.05) is 18.2 Å². The van der Waals surface area contributed by atoms with Crippen LogP contribution < -0.4 is 0 Å². The van der Waals surface area contributed by atoms with Crippen molar-refractivity contribution >= 4 is 139 Å². The first-order valence-corrected chi connectivity index (χ1v) is 15.1. The van der Waals surface area contributed by atoms with Crippen LogP contribution in [0.1, 0.15) is 16.7 Å². The van der Waals surface area contributed by atoms with Gasteiger partial charge < -0.3 is 5.11 Å². The van der Waals surface area contributed by atoms with Gasteiger partial charge in [0.15, 0.2) is 0 Å². The molecule has 0 amide bonds. The highest BCUT2D eigenvalue weighted by molar-refractivity contribution is 9.11. The quantitative estimate of drug-likeness (QED) is 0.210. The summed E-state index contributed by atoms with van der Waals surface area (Å²) in [7, 11) is 0. The Morgan fingerprint density at radius 1 is 0.722 bits per heavy atom. The molecule has 36 heavy (non-hydrogen) atoms. The smallest absolute Gasteiger partial charge is 0.307 e. The van der Waals surface area contributed by atoms with Gasteiger partial charge in [0.1, 0.15) is 0 Å². The van der Waals surface area contributed by atoms with Crippen LogP contribution in [0.3, 0.4) is 0 Å². The predicted molar refractivity (Wildman–Crippen MR) is 166 cm³/mol. The van der Waals surface area contributed by atoms with Crippen LogP contribution in [0.15, 0.2) is 49.8 Å². The number of aliphatic carboxylic acids is 1. The van der Waals surface area contributed by atoms with Gasteiger partial charge in [-0.15, -0.1) is 0 Å². The number of rotatable bonds is 4. The maximum Gasteiger partial charge on any atom is 0.307 e. The van der Waals surface area contributed by atoms with Crippen molar-refractivity contribution in [2.24, 2.45) is 0 Å². The van der Waals surface area contributed by atoms with Gasteiger partial charge in [-0.3, -0.25) is 4.79 Å². The van der Waals surface area contributed by atoms with E-state index >= 15 is 0 Å². The van der Waals surface area contributed by atoms with Crippen LogP contribution in [-0.4, -0.2) is 11.1 Å². The van der Waals surface area contributed by atoms with Crippen LogP contribution in [-0.2, 0) is 23.0 Å². The molecule has 0 atom stereocenters. The summed E-state index contributed by atoms with van der Waals surface area (Å²) in [4.78, 5) is 10.5. The van der Waals surface area contributed by atoms with Crippen LogP contribution >= 0.6 is 133 Å². The molecule has 3 nitrogen and oxygen atoms in total. The molecule has 0 unspecified atom stereocenters. The SMILES string of the molecule is Clc1ccc(Br)c(Cl)c1CBr.N#CCc1c(Cl)ccc(Br)c1Cl.O=C(O)Cc1c(Cl)ccc(Br)c1Cl. The van der Waals surface area contributed by atoms with E-state index in [-0.39, 0.29) is 12.8 Å². The van der Waals surface area contributed by atoms with E-state index in [0.717, 1.165) is 14.5 Å². The third-order valence-electron chi connectivity index (χ3n) is 4.13. The lowest BCUT2D eigenvalue weighted by Crippen LogP contribution is -2.01. The lowest BCUT2D eigenvalue weighted by Gasteiger charge is -2.05. The summed E-state index contributed by atoms with van der Waals surface area (Å²) in [5.41, 5.74) is 2.03. The molecule has 3 rings (SSSR count). The topological polar surface area (TPSA) is 61.1 Å². The summed E-state index contributed by atoms with van der Waals surface area (Å²) in [6.07, 6.45) is 0.0637. The van der Waals surface area contributed by atoms with E-state index in [4.69, 9.17) is 80.0 Å². The van der Waals surface area contributed by atoms with Gasteiger partial charge in [-0.2, -0.15) is 5.26 Å². The van der Waals surface area contributed by atoms with Crippen LogP contribution in [0.2, 0.25) is 30.1 Å². The normalized spacial score (nSPS) is 9.92. The Kier molecular flexibility index (Phi) is 16.3. The molecule has 3 aromatic rings. The highest BCUT2D eigenvalue weighted by atomic mass is 79.9. The fraction of sp³-hybridized carbons (Fsp3) is 0.130. The predicted octanol–water partition coefficient (Wildman–Crippen LogP) is 11.9. The number of carboxylic acids is 1. The standard InChI is InChI=1S/C8H4BrCl2N.C8H5BrCl2O2.C7H4Br2Cl2/c9-6-1-2-7(10)5(3-4-12)8(6)11;9-5-1-2-6(10)4(8(5)11)3-7(12)13;8-3-4-6(10)2-1-5(9)7(4)11/h1-2H,3H2;1-2H,3H2,(H,12,13);1-2H,3H2. The molecular formula is C23H13Br4Cl6NO2. The van der Waals surface area contributed by atoms with Crippen molar-refractivity contribution in [2.45, 2.75) is 18.2 Å². The fourth-order valence-corrected chi connectivity index (χ4v) is 5.92. The fourth-order valence-electron chi connectivity index (χ4n) is 2.38. The van der Waals surface area contributed by atoms with E-state index in [2.05, 4.69) is 63.7 Å². The number of carbonyl (C=O) groups is 1. The minimum Gasteiger partial charge on any atom is -0.481 e. The number of benzene rings is 3. The summed E-state index contributed by atoms with van der Waals surface area (Å²) in [5, 5.41) is 20.9. The van der Waals surface area contributed by atoms with Crippen molar-refractivity contribution in [1.29, 1.82) is 5.26 Å². The summed E-state index contributed by atoms with van der Waals surface area (Å²) >= 11 is 48.2. The summed E-state index contributed by atoms with van der Waals surface area (Å²) in [6, 6.07) is 12.4. The molecule has 0 fully saturated rings. The summed E-state index contributed by atoms with van der Waals surface area (Å²) in [6.45, 7) is 0. The molecule has 0 aliphatic heterocycles. The van der Waals surface area contributed by atoms with Crippen LogP contribution in [0.25, 0.3) is 0 Å². The van der Waals surface area contributed by atoms with E-state index in [1.54, 1.807) is 24.3 Å². The van der Waals surface area contributed by atoms with Crippen LogP contribution in [0, 0.1) is 11.3 Å². The van der Waals surface area contributed by atoms with Gasteiger partial charge >= 0.3 is 5.97 Å². The summed E-state index contributed by atoms with van der Waals surface area (Å²) < 4.78 is 2.28. The second-order valence-corrected chi connectivity index (χ2v) is 12.0. The van der Waals surface area contributed by atoms with Gasteiger partial charge in [0, 0.05) is 50.5 Å². The lowest BCUT2D eigenvalue weighted by atomic mass is 10.1. The highest BCUT2D eigenvalue weighted by Gasteiger charge is 2.12. The zero-order valence-corrected chi connectivity index (χ0v) is 28.5. The zero-order chi connectivity index (χ0) is 27.6. The third-order valence-corrected chi connectivity index (χ3v) is 9.72. The van der Waals surface area contributed by atoms with Crippen molar-refractivity contribution in [1.82, 2.24) is 0 Å². The Morgan fingerprint density at radius 3 is 1.44 bits per heavy atom. The van der Waals surface area contributed by atoms with Crippen LogP contribution in [0.4, 0.5) is 0 Å². The molecule has 0 heterocycles. The number of hydrogen-bond donors (Lipinski definition) is 1. The zero-order valence-electron chi connectivity index (χ0n) is 17.7. The van der Waals surface area contributed by atoms with E-state index < -0.39 is 5.97 Å². The second-order valence-electron chi connectivity index (χ2n) is 6.50. The number of halogens is 10. The first kappa shape index (κ1) is 34.3. The number of nitriles is 1. The van der Waals surface area contributed by atoms with Gasteiger partial charge in [0.25, 0.3) is 0 Å². The molecular weight excluding hydrogens is 855 g/mol. The third kappa shape index (κ3) is 10.4. The minimum absolute atomic E-state index is 0.170. The van der Waals surface area contributed by atoms with E-state index in [9.17, 15) is 4.79 Å². The minimum atomic E-state index is -0.957. The molecule has 13 heteroatoms. The number of carboxylic acid groups (broad SMARTS) is 1. The molecule has 0 aliphatic carbocycles. The van der Waals surface area contributed by atoms with Crippen molar-refractivity contribution in [3.8, 4) is 6.07 Å². The Bertz CT molecular complexity index is 1280. The van der Waals surface area contributed by atoms with E-state index in [1.165, 1.54) is 0 Å². The van der Waals surface area contributed by atoms with Crippen molar-refractivity contribution < 1.29 is 9.90 Å². The molecule has 0 saturated carbocycles. The molecule has 0 spiro atoms. The average Bonchev–Trinajstić information content (AvgIpc) is 2.83. The van der Waals surface area contributed by atoms with E-state index in [0.29, 0.717) is 51.1 Å². The molecule has 0 aliphatic rings. The Hall–Kier alpha value is 0.280. The van der Waals surface area contributed by atoms with Gasteiger partial charge in [0.2, 0.25) is 0 Å². The highest BCUT2D eigenvalue weighted by Crippen LogP contribution is 2.34. The van der Waals surface area contributed by atoms with Gasteiger partial charge in [-0.05, 0) is 84.2 Å². The Morgan fingerprint density at radius 2 is 1.08 bits per heavy atom. The molecule has 192 valence electrons. The largest absolute Gasteiger partial charge is 0.481 e. The molecule has 0 saturated heterocycles. The van der Waals surface area contributed by atoms with Crippen molar-refractivity contribution in [2.75, 3.05) is 0 Å². The Balaban J connectivity index is 0.000000271. The van der Waals surface area contributed by atoms with Gasteiger partial charge in [-0.25, -0.2) is 0 Å². The monoisotopic (exact) mass is 861 g/mol. The first-order valence-electron chi connectivity index (χ1n) is 9.37. The average molecular weight is 868 g/mol. The second kappa shape index (κ2) is 17.1. The Labute approximate surface area is 272 Å². The lowest BCUT2D eigenvalue weighted by molar-refractivity contribution is -0.136. The molecule has 3 aromatic carbocycles. The number of hydrogen-bond acceptors (Lipinski definition) is 2. The van der Waals surface area contributed by atoms with Crippen molar-refractivity contribution in [3.63, 3.8) is 0 Å². The molecule has 0 aromatic heterocycles. The van der Waals surface area contributed by atoms with Crippen molar-refractivity contribution in [3.05, 3.63) is 96.6 Å². The molecule has 0 radical (unpaired) electrons. The first-order chi connectivity index (χ1) is 16.8. The molecule has 0 bridgehead atoms. The molecule has 1 N–H and O–H groups in total. The summed E-state index contributed by atoms with van der Waals surface area (Å²) in [5.74, 6) is -0.957. The maximum absolute atomic E-state index is 10.5. The van der Waals surface area contributed by atoms with Gasteiger partial charge in [-0.1, -0.05) is 85.5 Å². The van der Waals surface area contributed by atoms with Gasteiger partial charge in [0.05, 0.1) is 34.0 Å². The van der Waals surface area contributed by atoms with Crippen LogP contribution in [0.5, 0.6) is 0 Å². The maximum atomic E-state index is 10.5.